The van der Waals surface area contributed by atoms with Gasteiger partial charge in [-0.2, -0.15) is 0 Å². The first-order valence-corrected chi connectivity index (χ1v) is 10.4. The largest absolute Gasteiger partial charge is 0.455 e. The Balaban J connectivity index is 1.49. The Kier molecular flexibility index (Phi) is 5.46. The van der Waals surface area contributed by atoms with E-state index in [0.29, 0.717) is 16.4 Å². The quantitative estimate of drug-likeness (QED) is 0.395. The maximum Gasteiger partial charge on any atom is 0.340 e. The van der Waals surface area contributed by atoms with Crippen molar-refractivity contribution in [3.8, 4) is 0 Å². The van der Waals surface area contributed by atoms with Crippen LogP contribution in [0.15, 0.2) is 64.6 Å². The summed E-state index contributed by atoms with van der Waals surface area (Å²) in [6.45, 7) is 1.51. The molecule has 0 aliphatic rings. The summed E-state index contributed by atoms with van der Waals surface area (Å²) >= 11 is 4.74. The molecule has 0 fully saturated rings. The average molecular weight is 470 g/mol. The molecule has 4 rings (SSSR count). The number of nitrogens with one attached hydrogen (secondary N) is 1. The molecule has 1 N–H and O–H groups in total. The number of esters is 1. The Hall–Kier alpha value is -2.97. The Morgan fingerprint density at radius 1 is 1.21 bits per heavy atom. The first kappa shape index (κ1) is 19.4. The van der Waals surface area contributed by atoms with Crippen molar-refractivity contribution in [3.63, 3.8) is 0 Å². The van der Waals surface area contributed by atoms with Gasteiger partial charge in [0.1, 0.15) is 6.61 Å². The molecule has 8 heteroatoms. The second-order valence-corrected chi connectivity index (χ2v) is 8.03. The molecule has 2 aromatic carbocycles. The molecule has 0 saturated carbocycles. The van der Waals surface area contributed by atoms with E-state index in [2.05, 4.69) is 25.9 Å². The van der Waals surface area contributed by atoms with E-state index in [1.807, 2.05) is 48.5 Å². The van der Waals surface area contributed by atoms with Crippen molar-refractivity contribution in [2.75, 3.05) is 4.90 Å². The van der Waals surface area contributed by atoms with Gasteiger partial charge in [0, 0.05) is 33.9 Å². The Morgan fingerprint density at radius 3 is 2.76 bits per heavy atom. The monoisotopic (exact) mass is 469 g/mol. The molecular formula is C21H16BrN3O3S. The number of carbonyl (C=O) groups excluding carboxylic acids is 2. The van der Waals surface area contributed by atoms with Gasteiger partial charge in [0.25, 0.3) is 0 Å². The first-order valence-electron chi connectivity index (χ1n) is 8.77. The lowest BCUT2D eigenvalue weighted by Crippen LogP contribution is -2.22. The molecule has 1 amide bonds. The minimum absolute atomic E-state index is 0.0243. The molecule has 0 aliphatic heterocycles. The van der Waals surface area contributed by atoms with Crippen molar-refractivity contribution < 1.29 is 14.3 Å². The number of para-hydroxylation sites is 1. The molecule has 0 atom stereocenters. The molecule has 2 heterocycles. The Bertz CT molecular complexity index is 1190. The summed E-state index contributed by atoms with van der Waals surface area (Å²) in [5, 5.41) is 3.11. The summed E-state index contributed by atoms with van der Waals surface area (Å²) in [4.78, 5) is 33.7. The molecule has 0 spiro atoms. The molecule has 0 radical (unpaired) electrons. The number of benzene rings is 2. The maximum absolute atomic E-state index is 12.5. The number of rotatable bonds is 5. The number of fused-ring (bicyclic) bond motifs is 1. The van der Waals surface area contributed by atoms with Gasteiger partial charge in [-0.05, 0) is 30.3 Å². The van der Waals surface area contributed by atoms with Gasteiger partial charge in [-0.15, -0.1) is 11.3 Å². The average Bonchev–Trinajstić information content (AvgIpc) is 3.34. The molecule has 2 aromatic heterocycles. The van der Waals surface area contributed by atoms with Gasteiger partial charge < -0.3 is 9.72 Å². The summed E-state index contributed by atoms with van der Waals surface area (Å²) < 4.78 is 6.33. The molecule has 0 unspecified atom stereocenters. The lowest BCUT2D eigenvalue weighted by Gasteiger charge is -2.17. The minimum atomic E-state index is -0.435. The third-order valence-corrected chi connectivity index (χ3v) is 5.64. The normalized spacial score (nSPS) is 10.8. The van der Waals surface area contributed by atoms with Gasteiger partial charge in [-0.3, -0.25) is 9.69 Å². The van der Waals surface area contributed by atoms with E-state index in [1.54, 1.807) is 11.6 Å². The van der Waals surface area contributed by atoms with Gasteiger partial charge in [-0.1, -0.05) is 34.1 Å². The molecule has 0 aliphatic carbocycles. The van der Waals surface area contributed by atoms with Crippen molar-refractivity contribution in [2.45, 2.75) is 13.5 Å². The summed E-state index contributed by atoms with van der Waals surface area (Å²) in [5.74, 6) is -0.575. The van der Waals surface area contributed by atoms with Crippen molar-refractivity contribution in [1.82, 2.24) is 9.97 Å². The lowest BCUT2D eigenvalue weighted by atomic mass is 10.2. The third kappa shape index (κ3) is 4.08. The third-order valence-electron chi connectivity index (χ3n) is 4.28. The fourth-order valence-corrected chi connectivity index (χ4v) is 4.18. The number of thiazole rings is 1. The fraction of sp³-hybridized carbons (Fsp3) is 0.0952. The fourth-order valence-electron chi connectivity index (χ4n) is 2.95. The molecular weight excluding hydrogens is 454 g/mol. The highest BCUT2D eigenvalue weighted by Gasteiger charge is 2.19. The highest BCUT2D eigenvalue weighted by Crippen LogP contribution is 2.29. The number of halogens is 1. The van der Waals surface area contributed by atoms with Crippen LogP contribution in [0, 0.1) is 0 Å². The highest BCUT2D eigenvalue weighted by molar-refractivity contribution is 9.10. The van der Waals surface area contributed by atoms with Crippen molar-refractivity contribution in [1.29, 1.82) is 0 Å². The standard InChI is InChI=1S/C21H16BrN3O3S/c1-13(26)25(16-5-3-2-4-6-16)21-24-15(12-29-21)11-28-20(27)18-10-23-19-8-7-14(22)9-17(18)19/h2-10,12,23H,11H2,1H3. The van der Waals surface area contributed by atoms with Gasteiger partial charge >= 0.3 is 5.97 Å². The smallest absolute Gasteiger partial charge is 0.340 e. The number of aromatic nitrogens is 2. The molecule has 29 heavy (non-hydrogen) atoms. The summed E-state index contributed by atoms with van der Waals surface area (Å²) in [7, 11) is 0. The molecule has 0 saturated heterocycles. The van der Waals surface area contributed by atoms with E-state index in [4.69, 9.17) is 4.74 Å². The first-order chi connectivity index (χ1) is 14.0. The van der Waals surface area contributed by atoms with E-state index in [-0.39, 0.29) is 12.5 Å². The number of hydrogen-bond donors (Lipinski definition) is 1. The molecule has 4 aromatic rings. The second-order valence-electron chi connectivity index (χ2n) is 6.28. The van der Waals surface area contributed by atoms with Crippen LogP contribution in [0.25, 0.3) is 10.9 Å². The second kappa shape index (κ2) is 8.18. The van der Waals surface area contributed by atoms with E-state index in [1.165, 1.54) is 23.2 Å². The van der Waals surface area contributed by atoms with Crippen LogP contribution in [0.3, 0.4) is 0 Å². The SMILES string of the molecule is CC(=O)N(c1ccccc1)c1nc(COC(=O)c2c[nH]c3ccc(Br)cc23)cs1. The lowest BCUT2D eigenvalue weighted by molar-refractivity contribution is -0.115. The van der Waals surface area contributed by atoms with Crippen LogP contribution in [0.2, 0.25) is 0 Å². The Labute approximate surface area is 179 Å². The zero-order chi connectivity index (χ0) is 20.4. The van der Waals surface area contributed by atoms with Crippen LogP contribution in [0.5, 0.6) is 0 Å². The Morgan fingerprint density at radius 2 is 2.00 bits per heavy atom. The number of aromatic amines is 1. The summed E-state index contributed by atoms with van der Waals surface area (Å²) in [6.07, 6.45) is 1.64. The van der Waals surface area contributed by atoms with Gasteiger partial charge in [0.15, 0.2) is 5.13 Å². The number of H-pyrrole nitrogens is 1. The number of anilines is 2. The van der Waals surface area contributed by atoms with Crippen molar-refractivity contribution >= 4 is 60.9 Å². The number of nitrogens with zero attached hydrogens (tertiary/aromatic N) is 2. The van der Waals surface area contributed by atoms with E-state index >= 15 is 0 Å². The van der Waals surface area contributed by atoms with Crippen LogP contribution in [0.1, 0.15) is 23.0 Å². The zero-order valence-electron chi connectivity index (χ0n) is 15.4. The van der Waals surface area contributed by atoms with Crippen LogP contribution >= 0.6 is 27.3 Å². The predicted molar refractivity (Wildman–Crippen MR) is 116 cm³/mol. The zero-order valence-corrected chi connectivity index (χ0v) is 17.8. The van der Waals surface area contributed by atoms with E-state index < -0.39 is 5.97 Å². The molecule has 146 valence electrons. The number of hydrogen-bond acceptors (Lipinski definition) is 5. The van der Waals surface area contributed by atoms with Crippen molar-refractivity contribution in [2.24, 2.45) is 0 Å². The van der Waals surface area contributed by atoms with Crippen LogP contribution in [-0.2, 0) is 16.1 Å². The molecule has 6 nitrogen and oxygen atoms in total. The topological polar surface area (TPSA) is 75.3 Å². The number of carbonyl (C=O) groups is 2. The number of ether oxygens (including phenoxy) is 1. The minimum Gasteiger partial charge on any atom is -0.455 e. The molecule has 0 bridgehead atoms. The predicted octanol–water partition coefficient (Wildman–Crippen LogP) is 5.43. The van der Waals surface area contributed by atoms with Crippen molar-refractivity contribution in [3.05, 3.63) is 75.8 Å². The summed E-state index contributed by atoms with van der Waals surface area (Å²) in [5.41, 5.74) is 2.64. The van der Waals surface area contributed by atoms with Crippen LogP contribution in [-0.4, -0.2) is 21.8 Å². The van der Waals surface area contributed by atoms with Gasteiger partial charge in [-0.25, -0.2) is 9.78 Å². The van der Waals surface area contributed by atoms with E-state index in [9.17, 15) is 9.59 Å². The highest BCUT2D eigenvalue weighted by atomic mass is 79.9. The maximum atomic E-state index is 12.5. The van der Waals surface area contributed by atoms with E-state index in [0.717, 1.165) is 21.1 Å². The van der Waals surface area contributed by atoms with Gasteiger partial charge in [0.05, 0.1) is 16.9 Å². The summed E-state index contributed by atoms with van der Waals surface area (Å²) in [6, 6.07) is 15.0. The van der Waals surface area contributed by atoms with Gasteiger partial charge in [0.2, 0.25) is 5.91 Å². The van der Waals surface area contributed by atoms with Crippen LogP contribution < -0.4 is 4.90 Å². The number of amides is 1. The van der Waals surface area contributed by atoms with Crippen LogP contribution in [0.4, 0.5) is 10.8 Å².